The first-order valence-corrected chi connectivity index (χ1v) is 7.99. The van der Waals surface area contributed by atoms with E-state index in [1.807, 2.05) is 6.07 Å². The standard InChI is InChI=1S/C22H21N/c1-4-10-19(11-5-1)18-23-17-16-22(20-12-6-2-7-13-20)21-14-8-3-9-15-21/h1-16,23H,17-18H2. The molecule has 0 atom stereocenters. The van der Waals surface area contributed by atoms with E-state index in [1.54, 1.807) is 0 Å². The van der Waals surface area contributed by atoms with Gasteiger partial charge < -0.3 is 5.32 Å². The average molecular weight is 299 g/mol. The smallest absolute Gasteiger partial charge is 0.0208 e. The lowest BCUT2D eigenvalue weighted by Crippen LogP contribution is -2.13. The van der Waals surface area contributed by atoms with E-state index in [-0.39, 0.29) is 0 Å². The van der Waals surface area contributed by atoms with E-state index in [1.165, 1.54) is 22.3 Å². The average Bonchev–Trinajstić information content (AvgIpc) is 2.64. The van der Waals surface area contributed by atoms with E-state index < -0.39 is 0 Å². The Morgan fingerprint density at radius 2 is 1.13 bits per heavy atom. The Morgan fingerprint density at radius 1 is 0.652 bits per heavy atom. The van der Waals surface area contributed by atoms with Crippen LogP contribution in [-0.2, 0) is 6.54 Å². The predicted molar refractivity (Wildman–Crippen MR) is 98.1 cm³/mol. The first-order valence-electron chi connectivity index (χ1n) is 7.99. The van der Waals surface area contributed by atoms with Crippen LogP contribution in [0, 0.1) is 0 Å². The van der Waals surface area contributed by atoms with Gasteiger partial charge in [0.2, 0.25) is 0 Å². The number of hydrogen-bond acceptors (Lipinski definition) is 1. The minimum Gasteiger partial charge on any atom is -0.309 e. The first-order chi connectivity index (χ1) is 11.4. The van der Waals surface area contributed by atoms with Crippen LogP contribution in [0.2, 0.25) is 0 Å². The van der Waals surface area contributed by atoms with E-state index >= 15 is 0 Å². The highest BCUT2D eigenvalue weighted by atomic mass is 14.8. The molecule has 3 aromatic carbocycles. The van der Waals surface area contributed by atoms with E-state index in [4.69, 9.17) is 0 Å². The van der Waals surface area contributed by atoms with Gasteiger partial charge >= 0.3 is 0 Å². The Balaban J connectivity index is 1.73. The molecule has 1 N–H and O–H groups in total. The zero-order chi connectivity index (χ0) is 15.7. The molecule has 0 bridgehead atoms. The highest BCUT2D eigenvalue weighted by molar-refractivity contribution is 5.79. The predicted octanol–water partition coefficient (Wildman–Crippen LogP) is 4.91. The van der Waals surface area contributed by atoms with E-state index in [9.17, 15) is 0 Å². The highest BCUT2D eigenvalue weighted by Gasteiger charge is 2.03. The van der Waals surface area contributed by atoms with Crippen molar-refractivity contribution in [3.63, 3.8) is 0 Å². The van der Waals surface area contributed by atoms with E-state index in [0.29, 0.717) is 0 Å². The summed E-state index contributed by atoms with van der Waals surface area (Å²) < 4.78 is 0. The SMILES string of the molecule is C(CNCc1ccccc1)=C(c1ccccc1)c1ccccc1. The minimum atomic E-state index is 0.841. The molecule has 114 valence electrons. The molecule has 0 aromatic heterocycles. The molecule has 0 spiro atoms. The molecule has 0 heterocycles. The number of rotatable bonds is 6. The number of nitrogens with one attached hydrogen (secondary N) is 1. The van der Waals surface area contributed by atoms with Crippen LogP contribution in [0.15, 0.2) is 97.1 Å². The van der Waals surface area contributed by atoms with Gasteiger partial charge in [0.15, 0.2) is 0 Å². The van der Waals surface area contributed by atoms with Crippen LogP contribution in [0.1, 0.15) is 16.7 Å². The summed E-state index contributed by atoms with van der Waals surface area (Å²) in [4.78, 5) is 0. The summed E-state index contributed by atoms with van der Waals surface area (Å²) in [5.41, 5.74) is 5.08. The van der Waals surface area contributed by atoms with Crippen LogP contribution in [-0.4, -0.2) is 6.54 Å². The number of hydrogen-bond donors (Lipinski definition) is 1. The summed E-state index contributed by atoms with van der Waals surface area (Å²) in [5, 5.41) is 3.50. The molecule has 0 aliphatic rings. The van der Waals surface area contributed by atoms with Gasteiger partial charge in [-0.2, -0.15) is 0 Å². The minimum absolute atomic E-state index is 0.841. The van der Waals surface area contributed by atoms with Gasteiger partial charge in [-0.1, -0.05) is 97.1 Å². The van der Waals surface area contributed by atoms with E-state index in [2.05, 4.69) is 96.3 Å². The topological polar surface area (TPSA) is 12.0 Å². The highest BCUT2D eigenvalue weighted by Crippen LogP contribution is 2.22. The Labute approximate surface area is 138 Å². The van der Waals surface area contributed by atoms with Crippen molar-refractivity contribution < 1.29 is 0 Å². The molecule has 0 aliphatic heterocycles. The Morgan fingerprint density at radius 3 is 1.65 bits per heavy atom. The third kappa shape index (κ3) is 4.41. The molecule has 3 rings (SSSR count). The first kappa shape index (κ1) is 15.3. The number of benzene rings is 3. The molecule has 0 unspecified atom stereocenters. The van der Waals surface area contributed by atoms with Crippen molar-refractivity contribution >= 4 is 5.57 Å². The van der Waals surface area contributed by atoms with E-state index in [0.717, 1.165) is 13.1 Å². The summed E-state index contributed by atoms with van der Waals surface area (Å²) in [6.45, 7) is 1.72. The van der Waals surface area contributed by atoms with Crippen molar-refractivity contribution in [3.05, 3.63) is 114 Å². The fourth-order valence-corrected chi connectivity index (χ4v) is 2.62. The van der Waals surface area contributed by atoms with Crippen LogP contribution in [0.5, 0.6) is 0 Å². The zero-order valence-electron chi connectivity index (χ0n) is 13.2. The monoisotopic (exact) mass is 299 g/mol. The third-order valence-corrected chi connectivity index (χ3v) is 3.79. The largest absolute Gasteiger partial charge is 0.309 e. The second-order valence-electron chi connectivity index (χ2n) is 5.47. The van der Waals surface area contributed by atoms with Crippen molar-refractivity contribution in [1.82, 2.24) is 5.32 Å². The summed E-state index contributed by atoms with van der Waals surface area (Å²) in [6, 6.07) is 31.6. The lowest BCUT2D eigenvalue weighted by atomic mass is 9.97. The maximum atomic E-state index is 3.50. The van der Waals surface area contributed by atoms with Crippen molar-refractivity contribution in [3.8, 4) is 0 Å². The van der Waals surface area contributed by atoms with Gasteiger partial charge in [-0.3, -0.25) is 0 Å². The van der Waals surface area contributed by atoms with Gasteiger partial charge in [0.1, 0.15) is 0 Å². The van der Waals surface area contributed by atoms with Crippen molar-refractivity contribution in [2.75, 3.05) is 6.54 Å². The molecule has 0 saturated heterocycles. The van der Waals surface area contributed by atoms with Crippen LogP contribution in [0.25, 0.3) is 5.57 Å². The molecule has 0 aliphatic carbocycles. The maximum Gasteiger partial charge on any atom is 0.0208 e. The van der Waals surface area contributed by atoms with Gasteiger partial charge in [-0.15, -0.1) is 0 Å². The van der Waals surface area contributed by atoms with Crippen LogP contribution in [0.3, 0.4) is 0 Å². The molecule has 1 nitrogen and oxygen atoms in total. The van der Waals surface area contributed by atoms with Gasteiger partial charge in [0.05, 0.1) is 0 Å². The molecule has 1 heteroatoms. The van der Waals surface area contributed by atoms with Gasteiger partial charge in [-0.05, 0) is 22.3 Å². The quantitative estimate of drug-likeness (QED) is 0.638. The van der Waals surface area contributed by atoms with Crippen LogP contribution in [0.4, 0.5) is 0 Å². The lowest BCUT2D eigenvalue weighted by Gasteiger charge is -2.09. The van der Waals surface area contributed by atoms with Gasteiger partial charge in [0, 0.05) is 13.1 Å². The summed E-state index contributed by atoms with van der Waals surface area (Å²) >= 11 is 0. The lowest BCUT2D eigenvalue weighted by molar-refractivity contribution is 0.760. The van der Waals surface area contributed by atoms with Crippen molar-refractivity contribution in [2.24, 2.45) is 0 Å². The molecule has 3 aromatic rings. The fourth-order valence-electron chi connectivity index (χ4n) is 2.62. The normalized spacial score (nSPS) is 10.3. The molecular formula is C22H21N. The molecule has 0 saturated carbocycles. The summed E-state index contributed by atoms with van der Waals surface area (Å²) in [6.07, 6.45) is 2.27. The summed E-state index contributed by atoms with van der Waals surface area (Å²) in [7, 11) is 0. The third-order valence-electron chi connectivity index (χ3n) is 3.79. The molecule has 0 radical (unpaired) electrons. The molecular weight excluding hydrogens is 278 g/mol. The Hall–Kier alpha value is -2.64. The second kappa shape index (κ2) is 8.11. The van der Waals surface area contributed by atoms with Crippen LogP contribution < -0.4 is 5.32 Å². The van der Waals surface area contributed by atoms with Gasteiger partial charge in [0.25, 0.3) is 0 Å². The zero-order valence-corrected chi connectivity index (χ0v) is 13.2. The molecule has 23 heavy (non-hydrogen) atoms. The molecule has 0 fully saturated rings. The van der Waals surface area contributed by atoms with Gasteiger partial charge in [-0.25, -0.2) is 0 Å². The van der Waals surface area contributed by atoms with Crippen LogP contribution >= 0.6 is 0 Å². The van der Waals surface area contributed by atoms with Crippen molar-refractivity contribution in [2.45, 2.75) is 6.54 Å². The van der Waals surface area contributed by atoms with Crippen molar-refractivity contribution in [1.29, 1.82) is 0 Å². The maximum absolute atomic E-state index is 3.50. The summed E-state index contributed by atoms with van der Waals surface area (Å²) in [5.74, 6) is 0. The fraction of sp³-hybridized carbons (Fsp3) is 0.0909. The Bertz CT molecular complexity index is 689. The second-order valence-corrected chi connectivity index (χ2v) is 5.47. The molecule has 0 amide bonds. The Kier molecular flexibility index (Phi) is 5.38.